The van der Waals surface area contributed by atoms with Gasteiger partial charge in [0, 0.05) is 0 Å². The van der Waals surface area contributed by atoms with Crippen molar-refractivity contribution in [2.45, 2.75) is 0 Å². The first-order chi connectivity index (χ1) is 8.13. The lowest BCUT2D eigenvalue weighted by Crippen LogP contribution is -2.06. The fraction of sp³-hybridized carbons (Fsp3) is 0.0909. The van der Waals surface area contributed by atoms with E-state index in [9.17, 15) is 9.90 Å². The van der Waals surface area contributed by atoms with Crippen molar-refractivity contribution in [3.63, 3.8) is 0 Å². The van der Waals surface area contributed by atoms with Crippen molar-refractivity contribution in [1.29, 1.82) is 0 Å². The van der Waals surface area contributed by atoms with Gasteiger partial charge in [-0.1, -0.05) is 12.1 Å². The van der Waals surface area contributed by atoms with Gasteiger partial charge >= 0.3 is 5.97 Å². The monoisotopic (exact) mass is 252 g/mol. The predicted octanol–water partition coefficient (Wildman–Crippen LogP) is 2.16. The maximum absolute atomic E-state index is 11.0. The molecule has 0 unspecified atom stereocenters. The van der Waals surface area contributed by atoms with Crippen LogP contribution in [-0.2, 0) is 4.79 Å². The van der Waals surface area contributed by atoms with E-state index in [1.54, 1.807) is 24.3 Å². The number of aromatic amines is 1. The van der Waals surface area contributed by atoms with Crippen molar-refractivity contribution in [3.8, 4) is 0 Å². The van der Waals surface area contributed by atoms with Crippen LogP contribution in [-0.4, -0.2) is 32.0 Å². The van der Waals surface area contributed by atoms with Crippen LogP contribution in [0.3, 0.4) is 0 Å². The van der Waals surface area contributed by atoms with E-state index in [-0.39, 0.29) is 17.3 Å². The zero-order valence-corrected chi connectivity index (χ0v) is 9.40. The fourth-order valence-corrected chi connectivity index (χ4v) is 1.63. The maximum atomic E-state index is 11.0. The van der Waals surface area contributed by atoms with E-state index >= 15 is 0 Å². The van der Waals surface area contributed by atoms with Crippen LogP contribution in [0.15, 0.2) is 30.0 Å². The molecule has 1 heterocycles. The highest BCUT2D eigenvalue weighted by molar-refractivity contribution is 6.22. The number of nitrogens with one attached hydrogen (secondary N) is 1. The first kappa shape index (κ1) is 11.5. The zero-order chi connectivity index (χ0) is 12.4. The van der Waals surface area contributed by atoms with Gasteiger partial charge in [0.1, 0.15) is 17.2 Å². The van der Waals surface area contributed by atoms with Gasteiger partial charge in [-0.3, -0.25) is 0 Å². The summed E-state index contributed by atoms with van der Waals surface area (Å²) in [6.45, 7) is 0. The van der Waals surface area contributed by atoms with Gasteiger partial charge in [-0.15, -0.1) is 11.6 Å². The lowest BCUT2D eigenvalue weighted by atomic mass is 10.2. The number of H-pyrrole nitrogens is 1. The molecule has 17 heavy (non-hydrogen) atoms. The standard InChI is InChI=1S/C11H9ClN2O3/c12-5-8(15)9(11(16)17)10-13-6-3-1-2-4-7(6)14-10/h1-4,15H,5H2,(H,13,14)(H,16,17)/b9-8+. The first-order valence-electron chi connectivity index (χ1n) is 4.80. The molecule has 1 aromatic heterocycles. The SMILES string of the molecule is O=C(O)/C(=C(/O)CCl)c1nc2ccccc2[nH]1. The van der Waals surface area contributed by atoms with E-state index in [2.05, 4.69) is 9.97 Å². The van der Waals surface area contributed by atoms with Crippen LogP contribution in [0.25, 0.3) is 16.6 Å². The Morgan fingerprint density at radius 1 is 1.35 bits per heavy atom. The van der Waals surface area contributed by atoms with Crippen LogP contribution in [0, 0.1) is 0 Å². The number of benzene rings is 1. The maximum Gasteiger partial charge on any atom is 0.342 e. The molecule has 0 amide bonds. The minimum absolute atomic E-state index is 0.0943. The number of carboxylic acid groups (broad SMARTS) is 1. The van der Waals surface area contributed by atoms with Gasteiger partial charge < -0.3 is 15.2 Å². The fourth-order valence-electron chi connectivity index (χ4n) is 1.50. The van der Waals surface area contributed by atoms with Gasteiger partial charge in [0.05, 0.1) is 16.9 Å². The number of imidazole rings is 1. The Morgan fingerprint density at radius 3 is 2.65 bits per heavy atom. The second-order valence-electron chi connectivity index (χ2n) is 3.36. The number of fused-ring (bicyclic) bond motifs is 1. The molecule has 6 heteroatoms. The number of aliphatic carboxylic acids is 1. The topological polar surface area (TPSA) is 86.2 Å². The molecule has 3 N–H and O–H groups in total. The minimum atomic E-state index is -1.28. The van der Waals surface area contributed by atoms with Crippen molar-refractivity contribution in [2.24, 2.45) is 0 Å². The van der Waals surface area contributed by atoms with E-state index in [1.165, 1.54) is 0 Å². The van der Waals surface area contributed by atoms with Gasteiger partial charge in [0.15, 0.2) is 0 Å². The third-order valence-corrected chi connectivity index (χ3v) is 2.51. The number of carbonyl (C=O) groups is 1. The molecule has 0 atom stereocenters. The van der Waals surface area contributed by atoms with E-state index in [1.807, 2.05) is 0 Å². The Labute approximate surface area is 101 Å². The molecule has 2 aromatic rings. The van der Waals surface area contributed by atoms with E-state index in [0.29, 0.717) is 11.0 Å². The number of rotatable bonds is 3. The molecule has 0 radical (unpaired) electrons. The smallest absolute Gasteiger partial charge is 0.342 e. The molecule has 0 bridgehead atoms. The number of allylic oxidation sites excluding steroid dienone is 1. The van der Waals surface area contributed by atoms with Crippen molar-refractivity contribution >= 4 is 34.2 Å². The van der Waals surface area contributed by atoms with Crippen LogP contribution in [0.2, 0.25) is 0 Å². The second-order valence-corrected chi connectivity index (χ2v) is 3.63. The van der Waals surface area contributed by atoms with E-state index in [4.69, 9.17) is 16.7 Å². The summed E-state index contributed by atoms with van der Waals surface area (Å²) in [5, 5.41) is 18.5. The molecule has 5 nitrogen and oxygen atoms in total. The zero-order valence-electron chi connectivity index (χ0n) is 8.64. The molecular weight excluding hydrogens is 244 g/mol. The summed E-state index contributed by atoms with van der Waals surface area (Å²) in [7, 11) is 0. The van der Waals surface area contributed by atoms with Crippen molar-refractivity contribution in [1.82, 2.24) is 9.97 Å². The number of nitrogens with zero attached hydrogens (tertiary/aromatic N) is 1. The second kappa shape index (κ2) is 4.47. The number of hydrogen-bond acceptors (Lipinski definition) is 3. The molecular formula is C11H9ClN2O3. The number of halogens is 1. The summed E-state index contributed by atoms with van der Waals surface area (Å²) >= 11 is 5.43. The number of aromatic nitrogens is 2. The summed E-state index contributed by atoms with van der Waals surface area (Å²) in [6, 6.07) is 7.10. The quantitative estimate of drug-likeness (QED) is 0.444. The largest absolute Gasteiger partial charge is 0.510 e. The Balaban J connectivity index is 2.61. The summed E-state index contributed by atoms with van der Waals surface area (Å²) in [4.78, 5) is 18.0. The molecule has 2 rings (SSSR count). The summed E-state index contributed by atoms with van der Waals surface area (Å²) in [6.07, 6.45) is 0. The molecule has 0 aliphatic rings. The highest BCUT2D eigenvalue weighted by Crippen LogP contribution is 2.19. The van der Waals surface area contributed by atoms with Gasteiger partial charge in [-0.2, -0.15) is 0 Å². The molecule has 1 aromatic carbocycles. The highest BCUT2D eigenvalue weighted by Gasteiger charge is 2.19. The van der Waals surface area contributed by atoms with Gasteiger partial charge in [0.25, 0.3) is 0 Å². The number of aliphatic hydroxyl groups excluding tert-OH is 1. The third kappa shape index (κ3) is 2.09. The number of aliphatic hydroxyl groups is 1. The van der Waals surface area contributed by atoms with E-state index < -0.39 is 11.7 Å². The average molecular weight is 253 g/mol. The van der Waals surface area contributed by atoms with Crippen molar-refractivity contribution < 1.29 is 15.0 Å². The minimum Gasteiger partial charge on any atom is -0.510 e. The predicted molar refractivity (Wildman–Crippen MR) is 64.0 cm³/mol. The third-order valence-electron chi connectivity index (χ3n) is 2.26. The number of hydrogen-bond donors (Lipinski definition) is 3. The normalized spacial score (nSPS) is 12.5. The molecule has 0 saturated carbocycles. The average Bonchev–Trinajstić information content (AvgIpc) is 2.71. The van der Waals surface area contributed by atoms with Crippen LogP contribution in [0.1, 0.15) is 5.82 Å². The van der Waals surface area contributed by atoms with E-state index in [0.717, 1.165) is 0 Å². The first-order valence-corrected chi connectivity index (χ1v) is 5.33. The summed E-state index contributed by atoms with van der Waals surface area (Å²) in [5.74, 6) is -1.88. The molecule has 0 spiro atoms. The van der Waals surface area contributed by atoms with Crippen LogP contribution < -0.4 is 0 Å². The molecule has 0 aliphatic heterocycles. The van der Waals surface area contributed by atoms with Gasteiger partial charge in [-0.05, 0) is 12.1 Å². The number of alkyl halides is 1. The summed E-state index contributed by atoms with van der Waals surface area (Å²) < 4.78 is 0. The number of para-hydroxylation sites is 2. The Hall–Kier alpha value is -2.01. The molecule has 88 valence electrons. The molecule has 0 aliphatic carbocycles. The van der Waals surface area contributed by atoms with Crippen LogP contribution in [0.4, 0.5) is 0 Å². The lowest BCUT2D eigenvalue weighted by Gasteiger charge is -2.00. The highest BCUT2D eigenvalue weighted by atomic mass is 35.5. The Morgan fingerprint density at radius 2 is 2.06 bits per heavy atom. The van der Waals surface area contributed by atoms with Gasteiger partial charge in [-0.25, -0.2) is 9.78 Å². The molecule has 0 fully saturated rings. The lowest BCUT2D eigenvalue weighted by molar-refractivity contribution is -0.130. The van der Waals surface area contributed by atoms with Crippen LogP contribution in [0.5, 0.6) is 0 Å². The molecule has 0 saturated heterocycles. The summed E-state index contributed by atoms with van der Waals surface area (Å²) in [5.41, 5.74) is 1.02. The van der Waals surface area contributed by atoms with Crippen molar-refractivity contribution in [2.75, 3.05) is 5.88 Å². The Bertz CT molecular complexity index is 571. The van der Waals surface area contributed by atoms with Crippen LogP contribution >= 0.6 is 11.6 Å². The Kier molecular flexibility index (Phi) is 3.01. The van der Waals surface area contributed by atoms with Crippen molar-refractivity contribution in [3.05, 3.63) is 35.8 Å². The number of carboxylic acids is 1. The van der Waals surface area contributed by atoms with Gasteiger partial charge in [0.2, 0.25) is 0 Å².